The van der Waals surface area contributed by atoms with E-state index in [2.05, 4.69) is 31.2 Å². The van der Waals surface area contributed by atoms with Crippen molar-refractivity contribution in [2.45, 2.75) is 40.2 Å². The van der Waals surface area contributed by atoms with Gasteiger partial charge in [0.2, 0.25) is 5.91 Å². The van der Waals surface area contributed by atoms with Crippen LogP contribution in [0.25, 0.3) is 0 Å². The highest BCUT2D eigenvalue weighted by molar-refractivity contribution is 5.78. The Morgan fingerprint density at radius 2 is 2.21 bits per heavy atom. The van der Waals surface area contributed by atoms with Gasteiger partial charge in [0.05, 0.1) is 11.6 Å². The Kier molecular flexibility index (Phi) is 6.02. The number of nitrogens with one attached hydrogen (secondary N) is 1. The van der Waals surface area contributed by atoms with Crippen LogP contribution < -0.4 is 11.1 Å². The molecule has 1 heterocycles. The van der Waals surface area contributed by atoms with Gasteiger partial charge in [0.15, 0.2) is 0 Å². The highest BCUT2D eigenvalue weighted by atomic mass is 16.1. The zero-order valence-corrected chi connectivity index (χ0v) is 12.4. The van der Waals surface area contributed by atoms with Gasteiger partial charge >= 0.3 is 0 Å². The zero-order chi connectivity index (χ0) is 14.4. The van der Waals surface area contributed by atoms with E-state index < -0.39 is 0 Å². The Hall–Kier alpha value is -1.36. The first-order valence-corrected chi connectivity index (χ1v) is 6.97. The molecular formula is C14H26N4O. The van der Waals surface area contributed by atoms with Gasteiger partial charge in [-0.05, 0) is 18.8 Å². The molecule has 1 atom stereocenters. The van der Waals surface area contributed by atoms with Crippen molar-refractivity contribution in [1.29, 1.82) is 0 Å². The molecule has 1 amide bonds. The Balaban J connectivity index is 2.57. The van der Waals surface area contributed by atoms with Gasteiger partial charge in [-0.1, -0.05) is 20.8 Å². The lowest BCUT2D eigenvalue weighted by atomic mass is 9.96. The van der Waals surface area contributed by atoms with Crippen molar-refractivity contribution in [3.8, 4) is 0 Å². The van der Waals surface area contributed by atoms with E-state index in [1.807, 2.05) is 13.2 Å². The van der Waals surface area contributed by atoms with Gasteiger partial charge in [0.1, 0.15) is 0 Å². The molecular weight excluding hydrogens is 240 g/mol. The number of carbonyl (C=O) groups is 1. The maximum atomic E-state index is 12.1. The van der Waals surface area contributed by atoms with Crippen molar-refractivity contribution in [2.24, 2.45) is 24.6 Å². The lowest BCUT2D eigenvalue weighted by molar-refractivity contribution is -0.125. The van der Waals surface area contributed by atoms with Crippen LogP contribution >= 0.6 is 0 Å². The van der Waals surface area contributed by atoms with E-state index in [1.165, 1.54) is 0 Å². The van der Waals surface area contributed by atoms with Crippen molar-refractivity contribution in [3.05, 3.63) is 17.5 Å². The van der Waals surface area contributed by atoms with Crippen LogP contribution in [0, 0.1) is 11.8 Å². The van der Waals surface area contributed by atoms with Crippen molar-refractivity contribution in [1.82, 2.24) is 15.1 Å². The molecule has 0 aromatic carbocycles. The molecule has 1 rings (SSSR count). The van der Waals surface area contributed by atoms with Gasteiger partial charge < -0.3 is 11.1 Å². The fourth-order valence-corrected chi connectivity index (χ4v) is 2.23. The predicted molar refractivity (Wildman–Crippen MR) is 76.4 cm³/mol. The third kappa shape index (κ3) is 4.67. The topological polar surface area (TPSA) is 72.9 Å². The summed E-state index contributed by atoms with van der Waals surface area (Å²) in [6, 6.07) is 0. The van der Waals surface area contributed by atoms with Gasteiger partial charge in [-0.2, -0.15) is 5.10 Å². The number of nitrogens with zero attached hydrogens (tertiary/aromatic N) is 2. The van der Waals surface area contributed by atoms with E-state index in [4.69, 9.17) is 5.73 Å². The molecule has 0 aliphatic carbocycles. The Labute approximate surface area is 115 Å². The highest BCUT2D eigenvalue weighted by Crippen LogP contribution is 2.12. The molecule has 0 saturated heterocycles. The maximum Gasteiger partial charge on any atom is 0.224 e. The van der Waals surface area contributed by atoms with Gasteiger partial charge in [0, 0.05) is 31.9 Å². The summed E-state index contributed by atoms with van der Waals surface area (Å²) >= 11 is 0. The molecule has 108 valence electrons. The second-order valence-electron chi connectivity index (χ2n) is 5.41. The number of nitrogens with two attached hydrogens (primary N) is 1. The third-order valence-corrected chi connectivity index (χ3v) is 3.19. The van der Waals surface area contributed by atoms with Crippen molar-refractivity contribution in [3.63, 3.8) is 0 Å². The van der Waals surface area contributed by atoms with Crippen molar-refractivity contribution in [2.75, 3.05) is 6.54 Å². The fraction of sp³-hybridized carbons (Fsp3) is 0.714. The molecule has 1 aromatic heterocycles. The molecule has 3 N–H and O–H groups in total. The summed E-state index contributed by atoms with van der Waals surface area (Å²) in [5.41, 5.74) is 7.79. The van der Waals surface area contributed by atoms with Crippen LogP contribution in [0.5, 0.6) is 0 Å². The maximum absolute atomic E-state index is 12.1. The second kappa shape index (κ2) is 7.28. The molecule has 0 aliphatic heterocycles. The van der Waals surface area contributed by atoms with Crippen molar-refractivity contribution < 1.29 is 4.79 Å². The quantitative estimate of drug-likeness (QED) is 0.779. The SMILES string of the molecule is CCc1nn(C)cc1CNC(=O)C(CN)CC(C)C. The van der Waals surface area contributed by atoms with E-state index in [-0.39, 0.29) is 11.8 Å². The predicted octanol–water partition coefficient (Wildman–Crippen LogP) is 1.22. The molecule has 0 radical (unpaired) electrons. The monoisotopic (exact) mass is 266 g/mol. The van der Waals surface area contributed by atoms with E-state index >= 15 is 0 Å². The van der Waals surface area contributed by atoms with E-state index in [9.17, 15) is 4.79 Å². The molecule has 5 heteroatoms. The third-order valence-electron chi connectivity index (χ3n) is 3.19. The van der Waals surface area contributed by atoms with Crippen LogP contribution in [-0.4, -0.2) is 22.2 Å². The standard InChI is InChI=1S/C14H26N4O/c1-5-13-12(9-18(4)17-13)8-16-14(19)11(7-15)6-10(2)3/h9-11H,5-8,15H2,1-4H3,(H,16,19). The molecule has 0 bridgehead atoms. The van der Waals surface area contributed by atoms with Gasteiger partial charge in [0.25, 0.3) is 0 Å². The molecule has 19 heavy (non-hydrogen) atoms. The van der Waals surface area contributed by atoms with Crippen LogP contribution in [-0.2, 0) is 24.8 Å². The minimum absolute atomic E-state index is 0.0436. The molecule has 0 saturated carbocycles. The number of hydrogen-bond acceptors (Lipinski definition) is 3. The van der Waals surface area contributed by atoms with Crippen molar-refractivity contribution >= 4 is 5.91 Å². The van der Waals surface area contributed by atoms with Gasteiger partial charge in [-0.3, -0.25) is 9.48 Å². The number of carbonyl (C=O) groups excluding carboxylic acids is 1. The minimum atomic E-state index is -0.0956. The van der Waals surface area contributed by atoms with Crippen LogP contribution in [0.4, 0.5) is 0 Å². The summed E-state index contributed by atoms with van der Waals surface area (Å²) in [6.45, 7) is 7.20. The normalized spacial score (nSPS) is 12.7. The zero-order valence-electron chi connectivity index (χ0n) is 12.4. The first kappa shape index (κ1) is 15.7. The van der Waals surface area contributed by atoms with E-state index in [1.54, 1.807) is 4.68 Å². The van der Waals surface area contributed by atoms with E-state index in [0.717, 1.165) is 24.1 Å². The molecule has 0 spiro atoms. The summed E-state index contributed by atoms with van der Waals surface area (Å²) < 4.78 is 1.79. The fourth-order valence-electron chi connectivity index (χ4n) is 2.23. The number of aryl methyl sites for hydroxylation is 2. The first-order valence-electron chi connectivity index (χ1n) is 6.97. The lowest BCUT2D eigenvalue weighted by Gasteiger charge is -2.16. The van der Waals surface area contributed by atoms with Gasteiger partial charge in [-0.15, -0.1) is 0 Å². The Morgan fingerprint density at radius 1 is 1.53 bits per heavy atom. The lowest BCUT2D eigenvalue weighted by Crippen LogP contribution is -2.35. The number of aromatic nitrogens is 2. The average Bonchev–Trinajstić information content (AvgIpc) is 2.73. The van der Waals surface area contributed by atoms with Crippen LogP contribution in [0.15, 0.2) is 6.20 Å². The number of amides is 1. The van der Waals surface area contributed by atoms with Gasteiger partial charge in [-0.25, -0.2) is 0 Å². The smallest absolute Gasteiger partial charge is 0.224 e. The minimum Gasteiger partial charge on any atom is -0.352 e. The van der Waals surface area contributed by atoms with E-state index in [0.29, 0.717) is 19.0 Å². The molecule has 5 nitrogen and oxygen atoms in total. The molecule has 1 unspecified atom stereocenters. The second-order valence-corrected chi connectivity index (χ2v) is 5.41. The highest BCUT2D eigenvalue weighted by Gasteiger charge is 2.18. The molecule has 1 aromatic rings. The Morgan fingerprint density at radius 3 is 2.74 bits per heavy atom. The van der Waals surface area contributed by atoms with Crippen LogP contribution in [0.3, 0.4) is 0 Å². The number of rotatable bonds is 7. The van der Waals surface area contributed by atoms with Crippen LogP contribution in [0.2, 0.25) is 0 Å². The molecule has 0 fully saturated rings. The Bertz CT molecular complexity index is 412. The summed E-state index contributed by atoms with van der Waals surface area (Å²) in [5.74, 6) is 0.424. The summed E-state index contributed by atoms with van der Waals surface area (Å²) in [4.78, 5) is 12.1. The summed E-state index contributed by atoms with van der Waals surface area (Å²) in [5, 5.41) is 7.33. The largest absolute Gasteiger partial charge is 0.352 e. The first-order chi connectivity index (χ1) is 8.97. The summed E-state index contributed by atoms with van der Waals surface area (Å²) in [7, 11) is 1.89. The average molecular weight is 266 g/mol. The van der Waals surface area contributed by atoms with Crippen LogP contribution in [0.1, 0.15) is 38.4 Å². The summed E-state index contributed by atoms with van der Waals surface area (Å²) in [6.07, 6.45) is 3.66. The molecule has 0 aliphatic rings. The number of hydrogen-bond donors (Lipinski definition) is 2.